The van der Waals surface area contributed by atoms with Gasteiger partial charge in [-0.25, -0.2) is 0 Å². The highest BCUT2D eigenvalue weighted by Gasteiger charge is 2.19. The van der Waals surface area contributed by atoms with Crippen molar-refractivity contribution >= 4 is 34.8 Å². The quantitative estimate of drug-likeness (QED) is 0.598. The third-order valence-corrected chi connectivity index (χ3v) is 5.99. The molecule has 1 atom stereocenters. The Balaban J connectivity index is 1.52. The summed E-state index contributed by atoms with van der Waals surface area (Å²) in [6.45, 7) is 7.91. The van der Waals surface area contributed by atoms with Crippen LogP contribution < -0.4 is 10.6 Å². The van der Waals surface area contributed by atoms with Gasteiger partial charge < -0.3 is 15.5 Å². The van der Waals surface area contributed by atoms with Crippen LogP contribution in [0.5, 0.6) is 0 Å². The summed E-state index contributed by atoms with van der Waals surface area (Å²) < 4.78 is 0. The van der Waals surface area contributed by atoms with Gasteiger partial charge in [-0.05, 0) is 86.1 Å². The highest BCUT2D eigenvalue weighted by atomic mass is 32.1. The Morgan fingerprint density at radius 2 is 1.56 bits per heavy atom. The summed E-state index contributed by atoms with van der Waals surface area (Å²) in [5.41, 5.74) is 3.63. The summed E-state index contributed by atoms with van der Waals surface area (Å²) in [6, 6.07) is 15.4. The number of hydrogen-bond donors (Lipinski definition) is 2. The Bertz CT molecular complexity index is 933. The molecule has 6 heteroatoms. The summed E-state index contributed by atoms with van der Waals surface area (Å²) in [4.78, 5) is 27.1. The SMILES string of the molecule is CC(C)Cc1ccc(C(C)C(=O)NC(=S)Nc2ccc(C(=O)N3CCCCC3)cc2)cc1. The number of benzene rings is 2. The van der Waals surface area contributed by atoms with Gasteiger partial charge in [0.05, 0.1) is 5.92 Å². The molecule has 3 rings (SSSR count). The van der Waals surface area contributed by atoms with Crippen LogP contribution in [0.1, 0.15) is 67.4 Å². The first-order valence-electron chi connectivity index (χ1n) is 11.4. The number of thiocarbonyl (C=S) groups is 1. The second-order valence-corrected chi connectivity index (χ2v) is 9.34. The first-order chi connectivity index (χ1) is 15.3. The number of hydrogen-bond acceptors (Lipinski definition) is 3. The van der Waals surface area contributed by atoms with Crippen molar-refractivity contribution in [2.45, 2.75) is 52.4 Å². The van der Waals surface area contributed by atoms with Crippen LogP contribution in [0.2, 0.25) is 0 Å². The van der Waals surface area contributed by atoms with Gasteiger partial charge in [-0.2, -0.15) is 0 Å². The van der Waals surface area contributed by atoms with Crippen molar-refractivity contribution in [1.82, 2.24) is 10.2 Å². The number of carbonyl (C=O) groups excluding carboxylic acids is 2. The normalized spacial score (nSPS) is 14.7. The number of carbonyl (C=O) groups is 2. The van der Waals surface area contributed by atoms with E-state index in [1.165, 1.54) is 12.0 Å². The maximum Gasteiger partial charge on any atom is 0.253 e. The molecule has 0 aromatic heterocycles. The number of nitrogens with one attached hydrogen (secondary N) is 2. The van der Waals surface area contributed by atoms with E-state index in [9.17, 15) is 9.59 Å². The molecule has 32 heavy (non-hydrogen) atoms. The lowest BCUT2D eigenvalue weighted by Gasteiger charge is -2.26. The fourth-order valence-electron chi connectivity index (χ4n) is 3.92. The maximum absolute atomic E-state index is 12.6. The van der Waals surface area contributed by atoms with Gasteiger partial charge in [0, 0.05) is 24.3 Å². The average molecular weight is 452 g/mol. The number of rotatable bonds is 6. The van der Waals surface area contributed by atoms with Crippen LogP contribution in [0, 0.1) is 5.92 Å². The molecule has 5 nitrogen and oxygen atoms in total. The topological polar surface area (TPSA) is 61.4 Å². The Labute approximate surface area is 196 Å². The van der Waals surface area contributed by atoms with Crippen LogP contribution in [0.15, 0.2) is 48.5 Å². The fraction of sp³-hybridized carbons (Fsp3) is 0.423. The van der Waals surface area contributed by atoms with Gasteiger partial charge in [-0.1, -0.05) is 38.1 Å². The molecule has 0 spiro atoms. The maximum atomic E-state index is 12.6. The molecule has 1 aliphatic heterocycles. The Kier molecular flexibility index (Phi) is 8.39. The summed E-state index contributed by atoms with van der Waals surface area (Å²) in [5, 5.41) is 6.04. The molecule has 0 radical (unpaired) electrons. The second kappa shape index (κ2) is 11.2. The van der Waals surface area contributed by atoms with E-state index in [0.29, 0.717) is 11.5 Å². The summed E-state index contributed by atoms with van der Waals surface area (Å²) >= 11 is 5.32. The molecule has 1 heterocycles. The van der Waals surface area contributed by atoms with Crippen LogP contribution in [0.25, 0.3) is 0 Å². The van der Waals surface area contributed by atoms with Crippen LogP contribution in [0.3, 0.4) is 0 Å². The highest BCUT2D eigenvalue weighted by molar-refractivity contribution is 7.80. The van der Waals surface area contributed by atoms with Crippen molar-refractivity contribution in [2.75, 3.05) is 18.4 Å². The fourth-order valence-corrected chi connectivity index (χ4v) is 4.14. The predicted molar refractivity (Wildman–Crippen MR) is 134 cm³/mol. The second-order valence-electron chi connectivity index (χ2n) is 8.93. The minimum Gasteiger partial charge on any atom is -0.339 e. The van der Waals surface area contributed by atoms with Gasteiger partial charge in [0.1, 0.15) is 0 Å². The van der Waals surface area contributed by atoms with E-state index in [2.05, 4.69) is 36.6 Å². The lowest BCUT2D eigenvalue weighted by atomic mass is 9.96. The van der Waals surface area contributed by atoms with E-state index < -0.39 is 0 Å². The lowest BCUT2D eigenvalue weighted by Crippen LogP contribution is -2.37. The molecule has 2 aromatic rings. The molecule has 170 valence electrons. The van der Waals surface area contributed by atoms with Gasteiger partial charge in [0.2, 0.25) is 5.91 Å². The van der Waals surface area contributed by atoms with Crippen LogP contribution >= 0.6 is 12.2 Å². The molecule has 1 unspecified atom stereocenters. The number of amides is 2. The Morgan fingerprint density at radius 1 is 0.938 bits per heavy atom. The Morgan fingerprint density at radius 3 is 2.16 bits per heavy atom. The van der Waals surface area contributed by atoms with Crippen LogP contribution in [0.4, 0.5) is 5.69 Å². The molecule has 1 aliphatic rings. The molecular weight excluding hydrogens is 418 g/mol. The smallest absolute Gasteiger partial charge is 0.253 e. The van der Waals surface area contributed by atoms with Crippen LogP contribution in [-0.2, 0) is 11.2 Å². The number of nitrogens with zero attached hydrogens (tertiary/aromatic N) is 1. The van der Waals surface area contributed by atoms with Gasteiger partial charge >= 0.3 is 0 Å². The zero-order valence-corrected chi connectivity index (χ0v) is 20.0. The monoisotopic (exact) mass is 451 g/mol. The van der Waals surface area contributed by atoms with Gasteiger partial charge in [-0.15, -0.1) is 0 Å². The van der Waals surface area contributed by atoms with Crippen LogP contribution in [-0.4, -0.2) is 34.9 Å². The molecule has 2 N–H and O–H groups in total. The molecule has 2 amide bonds. The zero-order chi connectivity index (χ0) is 23.1. The van der Waals surface area contributed by atoms with Crippen molar-refractivity contribution in [3.8, 4) is 0 Å². The number of likely N-dealkylation sites (tertiary alicyclic amines) is 1. The largest absolute Gasteiger partial charge is 0.339 e. The molecule has 0 bridgehead atoms. The van der Waals surface area contributed by atoms with E-state index >= 15 is 0 Å². The first kappa shape index (κ1) is 23.9. The predicted octanol–water partition coefficient (Wildman–Crippen LogP) is 5.13. The lowest BCUT2D eigenvalue weighted by molar-refractivity contribution is -0.120. The minimum absolute atomic E-state index is 0.0698. The third-order valence-electron chi connectivity index (χ3n) is 5.79. The minimum atomic E-state index is -0.313. The van der Waals surface area contributed by atoms with E-state index in [-0.39, 0.29) is 22.8 Å². The number of piperidine rings is 1. The van der Waals surface area contributed by atoms with Gasteiger partial charge in [0.25, 0.3) is 5.91 Å². The van der Waals surface area contributed by atoms with Crippen molar-refractivity contribution < 1.29 is 9.59 Å². The third kappa shape index (κ3) is 6.63. The number of anilines is 1. The Hall–Kier alpha value is -2.73. The summed E-state index contributed by atoms with van der Waals surface area (Å²) in [5.74, 6) is 0.200. The average Bonchev–Trinajstić information content (AvgIpc) is 2.79. The standard InChI is InChI=1S/C26H33N3O2S/c1-18(2)17-20-7-9-21(10-8-20)19(3)24(30)28-26(32)27-23-13-11-22(12-14-23)25(31)29-15-5-4-6-16-29/h7-14,18-19H,4-6,15-17H2,1-3H3,(H2,27,28,30,32). The molecule has 1 saturated heterocycles. The van der Waals surface area contributed by atoms with Crippen molar-refractivity contribution in [2.24, 2.45) is 5.92 Å². The molecular formula is C26H33N3O2S. The molecule has 2 aromatic carbocycles. The van der Waals surface area contributed by atoms with Crippen molar-refractivity contribution in [3.63, 3.8) is 0 Å². The highest BCUT2D eigenvalue weighted by Crippen LogP contribution is 2.19. The summed E-state index contributed by atoms with van der Waals surface area (Å²) in [6.07, 6.45) is 4.36. The molecule has 1 fully saturated rings. The van der Waals surface area contributed by atoms with E-state index in [0.717, 1.165) is 43.6 Å². The van der Waals surface area contributed by atoms with Crippen molar-refractivity contribution in [1.29, 1.82) is 0 Å². The summed E-state index contributed by atoms with van der Waals surface area (Å²) in [7, 11) is 0. The van der Waals surface area contributed by atoms with Gasteiger partial charge in [-0.3, -0.25) is 9.59 Å². The van der Waals surface area contributed by atoms with E-state index in [1.807, 2.05) is 36.1 Å². The molecule has 0 saturated carbocycles. The zero-order valence-electron chi connectivity index (χ0n) is 19.2. The van der Waals surface area contributed by atoms with Crippen molar-refractivity contribution in [3.05, 3.63) is 65.2 Å². The van der Waals surface area contributed by atoms with E-state index in [4.69, 9.17) is 12.2 Å². The van der Waals surface area contributed by atoms with Gasteiger partial charge in [0.15, 0.2) is 5.11 Å². The first-order valence-corrected chi connectivity index (χ1v) is 11.8. The van der Waals surface area contributed by atoms with E-state index in [1.54, 1.807) is 12.1 Å². The molecule has 0 aliphatic carbocycles.